The molecule has 1 amide bonds. The molecule has 1 aliphatic rings. The molecule has 2 rings (SSSR count). The third kappa shape index (κ3) is 3.21. The first-order chi connectivity index (χ1) is 9.91. The summed E-state index contributed by atoms with van der Waals surface area (Å²) in [6.07, 6.45) is 3.24. The van der Waals surface area contributed by atoms with E-state index < -0.39 is 4.92 Å². The van der Waals surface area contributed by atoms with Crippen LogP contribution in [0.3, 0.4) is 0 Å². The zero-order valence-corrected chi connectivity index (χ0v) is 12.6. The molecule has 21 heavy (non-hydrogen) atoms. The van der Waals surface area contributed by atoms with Crippen LogP contribution in [0.1, 0.15) is 49.0 Å². The molecule has 6 heteroatoms. The third-order valence-corrected chi connectivity index (χ3v) is 4.17. The maximum atomic E-state index is 12.4. The third-order valence-electron chi connectivity index (χ3n) is 4.17. The lowest BCUT2D eigenvalue weighted by Gasteiger charge is -2.38. The van der Waals surface area contributed by atoms with Gasteiger partial charge in [-0.25, -0.2) is 5.01 Å². The van der Waals surface area contributed by atoms with Gasteiger partial charge in [0.05, 0.1) is 10.5 Å². The van der Waals surface area contributed by atoms with Crippen molar-refractivity contribution in [2.45, 2.75) is 52.1 Å². The van der Waals surface area contributed by atoms with E-state index in [4.69, 9.17) is 0 Å². The van der Waals surface area contributed by atoms with Gasteiger partial charge in [0.25, 0.3) is 11.6 Å². The number of nitrogens with one attached hydrogen (secondary N) is 1. The minimum atomic E-state index is -0.460. The van der Waals surface area contributed by atoms with E-state index in [-0.39, 0.29) is 23.7 Å². The Morgan fingerprint density at radius 2 is 1.95 bits per heavy atom. The number of nitrogens with zero attached hydrogens (tertiary/aromatic N) is 2. The molecule has 1 fully saturated rings. The van der Waals surface area contributed by atoms with Crippen molar-refractivity contribution in [1.29, 1.82) is 0 Å². The summed E-state index contributed by atoms with van der Waals surface area (Å²) in [4.78, 5) is 22.9. The molecule has 0 radical (unpaired) electrons. The van der Waals surface area contributed by atoms with E-state index in [1.165, 1.54) is 6.07 Å². The lowest BCUT2D eigenvalue weighted by molar-refractivity contribution is -0.385. The lowest BCUT2D eigenvalue weighted by atomic mass is 9.99. The Labute approximate surface area is 124 Å². The molecule has 0 saturated carbocycles. The average Bonchev–Trinajstić information content (AvgIpc) is 2.42. The summed E-state index contributed by atoms with van der Waals surface area (Å²) in [6, 6.07) is 5.13. The number of nitro groups is 1. The minimum absolute atomic E-state index is 0.0256. The molecule has 0 aliphatic carbocycles. The van der Waals surface area contributed by atoms with Crippen LogP contribution in [0, 0.1) is 17.0 Å². The van der Waals surface area contributed by atoms with Gasteiger partial charge in [0.15, 0.2) is 0 Å². The summed E-state index contributed by atoms with van der Waals surface area (Å²) in [5.74, 6) is -0.281. The Bertz CT molecular complexity index is 549. The summed E-state index contributed by atoms with van der Waals surface area (Å²) >= 11 is 0. The van der Waals surface area contributed by atoms with E-state index >= 15 is 0 Å². The lowest BCUT2D eigenvalue weighted by Crippen LogP contribution is -2.54. The highest BCUT2D eigenvalue weighted by molar-refractivity contribution is 5.96. The van der Waals surface area contributed by atoms with Crippen LogP contribution >= 0.6 is 0 Å². The van der Waals surface area contributed by atoms with Crippen LogP contribution in [0.25, 0.3) is 0 Å². The summed E-state index contributed by atoms with van der Waals surface area (Å²) in [5, 5.41) is 12.9. The summed E-state index contributed by atoms with van der Waals surface area (Å²) in [7, 11) is 0. The number of carbonyl (C=O) groups excluding carboxylic acids is 1. The van der Waals surface area contributed by atoms with Crippen molar-refractivity contribution in [2.24, 2.45) is 0 Å². The summed E-state index contributed by atoms with van der Waals surface area (Å²) in [6.45, 7) is 5.77. The van der Waals surface area contributed by atoms with Gasteiger partial charge >= 0.3 is 0 Å². The van der Waals surface area contributed by atoms with Crippen LogP contribution in [-0.4, -0.2) is 27.9 Å². The molecule has 0 spiro atoms. The summed E-state index contributed by atoms with van der Waals surface area (Å²) in [5.41, 5.74) is 3.64. The number of rotatable bonds is 3. The van der Waals surface area contributed by atoms with Crippen molar-refractivity contribution in [3.63, 3.8) is 0 Å². The van der Waals surface area contributed by atoms with Gasteiger partial charge in [0.2, 0.25) is 0 Å². The number of hydrazine groups is 1. The van der Waals surface area contributed by atoms with Crippen LogP contribution < -0.4 is 5.43 Å². The highest BCUT2D eigenvalue weighted by Crippen LogP contribution is 2.23. The number of nitro benzene ring substituents is 1. The Morgan fingerprint density at radius 1 is 1.33 bits per heavy atom. The highest BCUT2D eigenvalue weighted by Gasteiger charge is 2.27. The van der Waals surface area contributed by atoms with Crippen LogP contribution in [0.2, 0.25) is 0 Å². The van der Waals surface area contributed by atoms with Gasteiger partial charge in [-0.15, -0.1) is 0 Å². The van der Waals surface area contributed by atoms with Gasteiger partial charge in [-0.05, 0) is 39.7 Å². The Morgan fingerprint density at radius 3 is 2.52 bits per heavy atom. The van der Waals surface area contributed by atoms with E-state index in [1.807, 2.05) is 5.01 Å². The minimum Gasteiger partial charge on any atom is -0.284 e. The van der Waals surface area contributed by atoms with Crippen LogP contribution in [0.4, 0.5) is 5.69 Å². The largest absolute Gasteiger partial charge is 0.284 e. The van der Waals surface area contributed by atoms with Gasteiger partial charge in [-0.2, -0.15) is 0 Å². The van der Waals surface area contributed by atoms with E-state index in [0.717, 1.165) is 19.3 Å². The van der Waals surface area contributed by atoms with E-state index in [9.17, 15) is 14.9 Å². The summed E-state index contributed by atoms with van der Waals surface area (Å²) < 4.78 is 0. The van der Waals surface area contributed by atoms with Crippen LogP contribution in [-0.2, 0) is 0 Å². The van der Waals surface area contributed by atoms with Crippen molar-refractivity contribution in [2.75, 3.05) is 0 Å². The molecule has 1 aliphatic heterocycles. The van der Waals surface area contributed by atoms with E-state index in [2.05, 4.69) is 19.3 Å². The first kappa shape index (κ1) is 15.4. The Balaban J connectivity index is 2.21. The quantitative estimate of drug-likeness (QED) is 0.686. The number of hydrogen-bond donors (Lipinski definition) is 1. The molecule has 1 N–H and O–H groups in total. The molecular weight excluding hydrogens is 270 g/mol. The smallest absolute Gasteiger partial charge is 0.273 e. The molecule has 0 bridgehead atoms. The van der Waals surface area contributed by atoms with Gasteiger partial charge in [-0.1, -0.05) is 12.5 Å². The SMILES string of the molecule is Cc1c(C(=O)NN2C(C)CCCC2C)cccc1[N+](=O)[O-]. The normalized spacial score (nSPS) is 22.8. The second kappa shape index (κ2) is 6.22. The van der Waals surface area contributed by atoms with Crippen molar-refractivity contribution in [3.05, 3.63) is 39.4 Å². The van der Waals surface area contributed by atoms with Crippen LogP contribution in [0.5, 0.6) is 0 Å². The van der Waals surface area contributed by atoms with Gasteiger partial charge in [0.1, 0.15) is 0 Å². The second-order valence-electron chi connectivity index (χ2n) is 5.68. The molecule has 6 nitrogen and oxygen atoms in total. The van der Waals surface area contributed by atoms with E-state index in [0.29, 0.717) is 11.1 Å². The van der Waals surface area contributed by atoms with Gasteiger partial charge in [-0.3, -0.25) is 20.3 Å². The fourth-order valence-corrected chi connectivity index (χ4v) is 2.89. The van der Waals surface area contributed by atoms with E-state index in [1.54, 1.807) is 19.1 Å². The Hall–Kier alpha value is -1.95. The van der Waals surface area contributed by atoms with Crippen molar-refractivity contribution < 1.29 is 9.72 Å². The monoisotopic (exact) mass is 291 g/mol. The molecule has 1 heterocycles. The number of benzene rings is 1. The predicted molar refractivity (Wildman–Crippen MR) is 79.9 cm³/mol. The fourth-order valence-electron chi connectivity index (χ4n) is 2.89. The molecule has 1 saturated heterocycles. The predicted octanol–water partition coefficient (Wildman–Crippen LogP) is 2.81. The number of carbonyl (C=O) groups is 1. The molecule has 2 atom stereocenters. The fraction of sp³-hybridized carbons (Fsp3) is 0.533. The van der Waals surface area contributed by atoms with Crippen molar-refractivity contribution >= 4 is 11.6 Å². The molecule has 2 unspecified atom stereocenters. The molecular formula is C15H21N3O3. The van der Waals surface area contributed by atoms with Crippen molar-refractivity contribution in [1.82, 2.24) is 10.4 Å². The Kier molecular flexibility index (Phi) is 4.57. The van der Waals surface area contributed by atoms with Gasteiger partial charge in [0, 0.05) is 23.7 Å². The number of amides is 1. The average molecular weight is 291 g/mol. The molecule has 1 aromatic carbocycles. The zero-order valence-electron chi connectivity index (χ0n) is 12.6. The zero-order chi connectivity index (χ0) is 15.6. The van der Waals surface area contributed by atoms with Crippen molar-refractivity contribution in [3.8, 4) is 0 Å². The standard InChI is InChI=1S/C15H21N3O3/c1-10-6-4-7-11(2)17(10)16-15(19)13-8-5-9-14(12(13)3)18(20)21/h5,8-11H,4,6-7H2,1-3H3,(H,16,19). The van der Waals surface area contributed by atoms with Gasteiger partial charge < -0.3 is 0 Å². The van der Waals surface area contributed by atoms with Crippen LogP contribution in [0.15, 0.2) is 18.2 Å². The molecule has 114 valence electrons. The first-order valence-electron chi connectivity index (χ1n) is 7.25. The number of piperidine rings is 1. The topological polar surface area (TPSA) is 75.5 Å². The second-order valence-corrected chi connectivity index (χ2v) is 5.68. The number of hydrogen-bond acceptors (Lipinski definition) is 4. The highest BCUT2D eigenvalue weighted by atomic mass is 16.6. The molecule has 1 aromatic rings. The maximum Gasteiger partial charge on any atom is 0.273 e. The molecule has 0 aromatic heterocycles. The first-order valence-corrected chi connectivity index (χ1v) is 7.25. The maximum absolute atomic E-state index is 12.4.